The first-order chi connectivity index (χ1) is 11.0. The zero-order valence-corrected chi connectivity index (χ0v) is 12.0. The van der Waals surface area contributed by atoms with Gasteiger partial charge in [0.25, 0.3) is 0 Å². The number of aromatic carboxylic acids is 2. The highest BCUT2D eigenvalue weighted by molar-refractivity contribution is 5.87. The summed E-state index contributed by atoms with van der Waals surface area (Å²) in [5.74, 6) is -2.03. The Labute approximate surface area is 131 Å². The van der Waals surface area contributed by atoms with Crippen molar-refractivity contribution in [3.8, 4) is 0 Å². The summed E-state index contributed by atoms with van der Waals surface area (Å²) in [4.78, 5) is 32.5. The van der Waals surface area contributed by atoms with Crippen LogP contribution < -0.4 is 0 Å². The molecule has 7 heteroatoms. The lowest BCUT2D eigenvalue weighted by Crippen LogP contribution is -2.16. The fourth-order valence-corrected chi connectivity index (χ4v) is 2.04. The molecule has 2 N–H and O–H groups in total. The second kappa shape index (κ2) is 7.17. The molecule has 0 bridgehead atoms. The summed E-state index contributed by atoms with van der Waals surface area (Å²) in [6.07, 6.45) is 0. The van der Waals surface area contributed by atoms with Crippen LogP contribution in [-0.4, -0.2) is 27.2 Å². The van der Waals surface area contributed by atoms with Crippen LogP contribution in [0, 0.1) is 4.91 Å². The van der Waals surface area contributed by atoms with Crippen molar-refractivity contribution in [1.29, 1.82) is 0 Å². The number of nitrogens with zero attached hydrogens (tertiary/aromatic N) is 2. The molecule has 2 rings (SSSR count). The zero-order valence-electron chi connectivity index (χ0n) is 12.0. The van der Waals surface area contributed by atoms with Crippen LogP contribution in [-0.2, 0) is 13.1 Å². The van der Waals surface area contributed by atoms with E-state index in [1.807, 2.05) is 0 Å². The number of benzene rings is 2. The van der Waals surface area contributed by atoms with Gasteiger partial charge in [-0.05, 0) is 35.4 Å². The standard InChI is InChI=1S/C16H14N2O5/c19-15(20)13-5-1-11(2-6-13)9-18(17-23)10-12-3-7-14(8-4-12)16(21)22/h1-8H,9-10H2,(H,19,20)(H,21,22). The lowest BCUT2D eigenvalue weighted by atomic mass is 10.1. The van der Waals surface area contributed by atoms with E-state index in [0.29, 0.717) is 0 Å². The van der Waals surface area contributed by atoms with Crippen molar-refractivity contribution in [2.24, 2.45) is 5.29 Å². The SMILES string of the molecule is O=NN(Cc1ccc(C(=O)O)cc1)Cc1ccc(C(=O)O)cc1. The summed E-state index contributed by atoms with van der Waals surface area (Å²) in [5, 5.41) is 21.9. The van der Waals surface area contributed by atoms with Crippen LogP contribution in [0.4, 0.5) is 0 Å². The molecule has 2 aromatic rings. The van der Waals surface area contributed by atoms with Gasteiger partial charge in [0, 0.05) is 0 Å². The van der Waals surface area contributed by atoms with Crippen LogP contribution in [0.2, 0.25) is 0 Å². The van der Waals surface area contributed by atoms with Crippen molar-refractivity contribution in [2.45, 2.75) is 13.1 Å². The molecule has 0 aliphatic carbocycles. The third-order valence-electron chi connectivity index (χ3n) is 3.25. The van der Waals surface area contributed by atoms with Crippen molar-refractivity contribution in [1.82, 2.24) is 5.01 Å². The smallest absolute Gasteiger partial charge is 0.335 e. The van der Waals surface area contributed by atoms with E-state index in [-0.39, 0.29) is 24.2 Å². The Morgan fingerprint density at radius 2 is 1.13 bits per heavy atom. The molecule has 0 aliphatic heterocycles. The van der Waals surface area contributed by atoms with Gasteiger partial charge in [0.15, 0.2) is 0 Å². The van der Waals surface area contributed by atoms with E-state index in [0.717, 1.165) is 11.1 Å². The molecule has 2 aromatic carbocycles. The Hall–Kier alpha value is -3.22. The monoisotopic (exact) mass is 314 g/mol. The molecule has 0 atom stereocenters. The van der Waals surface area contributed by atoms with Gasteiger partial charge in [-0.1, -0.05) is 24.3 Å². The van der Waals surface area contributed by atoms with E-state index in [9.17, 15) is 14.5 Å². The number of hydrogen-bond donors (Lipinski definition) is 2. The molecule has 7 nitrogen and oxygen atoms in total. The lowest BCUT2D eigenvalue weighted by Gasteiger charge is -2.15. The molecule has 0 unspecified atom stereocenters. The van der Waals surface area contributed by atoms with Gasteiger partial charge in [0.2, 0.25) is 0 Å². The molecule has 0 fully saturated rings. The highest BCUT2D eigenvalue weighted by Crippen LogP contribution is 2.12. The van der Waals surface area contributed by atoms with Crippen LogP contribution >= 0.6 is 0 Å². The molecule has 0 aromatic heterocycles. The second-order valence-electron chi connectivity index (χ2n) is 4.91. The van der Waals surface area contributed by atoms with Crippen molar-refractivity contribution in [3.63, 3.8) is 0 Å². The van der Waals surface area contributed by atoms with E-state index >= 15 is 0 Å². The zero-order chi connectivity index (χ0) is 16.8. The van der Waals surface area contributed by atoms with E-state index in [4.69, 9.17) is 10.2 Å². The van der Waals surface area contributed by atoms with Gasteiger partial charge in [-0.25, -0.2) is 9.59 Å². The average molecular weight is 314 g/mol. The Kier molecular flexibility index (Phi) is 5.03. The first kappa shape index (κ1) is 16.2. The molecule has 23 heavy (non-hydrogen) atoms. The number of hydrogen-bond acceptors (Lipinski definition) is 4. The molecule has 0 saturated carbocycles. The van der Waals surface area contributed by atoms with Crippen LogP contribution in [0.3, 0.4) is 0 Å². The molecule has 0 heterocycles. The van der Waals surface area contributed by atoms with Gasteiger partial charge in [-0.3, -0.25) is 5.01 Å². The number of carboxylic acids is 2. The largest absolute Gasteiger partial charge is 0.478 e. The van der Waals surface area contributed by atoms with Gasteiger partial charge in [0.05, 0.1) is 29.5 Å². The molecular weight excluding hydrogens is 300 g/mol. The second-order valence-corrected chi connectivity index (χ2v) is 4.91. The molecule has 118 valence electrons. The summed E-state index contributed by atoms with van der Waals surface area (Å²) >= 11 is 0. The molecule has 0 aliphatic rings. The van der Waals surface area contributed by atoms with E-state index in [2.05, 4.69) is 5.29 Å². The minimum atomic E-state index is -1.01. The Balaban J connectivity index is 2.03. The minimum Gasteiger partial charge on any atom is -0.478 e. The summed E-state index contributed by atoms with van der Waals surface area (Å²) in [7, 11) is 0. The Morgan fingerprint density at radius 3 is 1.39 bits per heavy atom. The molecule has 0 spiro atoms. The first-order valence-electron chi connectivity index (χ1n) is 6.72. The third-order valence-corrected chi connectivity index (χ3v) is 3.25. The maximum Gasteiger partial charge on any atom is 0.335 e. The highest BCUT2D eigenvalue weighted by Gasteiger charge is 2.09. The summed E-state index contributed by atoms with van der Waals surface area (Å²) < 4.78 is 0. The number of nitroso groups, excluding NO2 is 1. The predicted molar refractivity (Wildman–Crippen MR) is 81.8 cm³/mol. The number of carbonyl (C=O) groups is 2. The quantitative estimate of drug-likeness (QED) is 0.601. The van der Waals surface area contributed by atoms with Crippen LogP contribution in [0.25, 0.3) is 0 Å². The Bertz CT molecular complexity index is 651. The lowest BCUT2D eigenvalue weighted by molar-refractivity contribution is 0.0686. The highest BCUT2D eigenvalue weighted by atomic mass is 16.4. The van der Waals surface area contributed by atoms with Crippen molar-refractivity contribution in [2.75, 3.05) is 0 Å². The van der Waals surface area contributed by atoms with Gasteiger partial charge >= 0.3 is 11.9 Å². The number of rotatable bonds is 7. The number of carboxylic acid groups (broad SMARTS) is 2. The van der Waals surface area contributed by atoms with Gasteiger partial charge in [-0.15, -0.1) is 4.91 Å². The van der Waals surface area contributed by atoms with Crippen LogP contribution in [0.5, 0.6) is 0 Å². The molecule has 0 radical (unpaired) electrons. The molecule has 0 amide bonds. The predicted octanol–water partition coefficient (Wildman–Crippen LogP) is 2.77. The van der Waals surface area contributed by atoms with E-state index in [1.165, 1.54) is 29.3 Å². The van der Waals surface area contributed by atoms with Crippen LogP contribution in [0.1, 0.15) is 31.8 Å². The van der Waals surface area contributed by atoms with Gasteiger partial charge < -0.3 is 10.2 Å². The van der Waals surface area contributed by atoms with E-state index < -0.39 is 11.9 Å². The third kappa shape index (κ3) is 4.37. The fourth-order valence-electron chi connectivity index (χ4n) is 2.04. The first-order valence-corrected chi connectivity index (χ1v) is 6.72. The minimum absolute atomic E-state index is 0.170. The summed E-state index contributed by atoms with van der Waals surface area (Å²) in [5.41, 5.74) is 1.83. The normalized spacial score (nSPS) is 10.1. The fraction of sp³-hybridized carbons (Fsp3) is 0.125. The summed E-state index contributed by atoms with van der Waals surface area (Å²) in [6, 6.07) is 12.3. The van der Waals surface area contributed by atoms with Gasteiger partial charge in [0.1, 0.15) is 0 Å². The average Bonchev–Trinajstić information content (AvgIpc) is 2.55. The maximum absolute atomic E-state index is 11.0. The van der Waals surface area contributed by atoms with Crippen LogP contribution in [0.15, 0.2) is 53.8 Å². The topological polar surface area (TPSA) is 107 Å². The van der Waals surface area contributed by atoms with Gasteiger partial charge in [-0.2, -0.15) is 0 Å². The molecular formula is C16H14N2O5. The molecule has 0 saturated heterocycles. The van der Waals surface area contributed by atoms with Crippen molar-refractivity contribution < 1.29 is 19.8 Å². The maximum atomic E-state index is 11.0. The van der Waals surface area contributed by atoms with Crippen molar-refractivity contribution in [3.05, 3.63) is 75.7 Å². The van der Waals surface area contributed by atoms with Crippen molar-refractivity contribution >= 4 is 11.9 Å². The van der Waals surface area contributed by atoms with E-state index in [1.54, 1.807) is 24.3 Å². The Morgan fingerprint density at radius 1 is 0.783 bits per heavy atom. The summed E-state index contributed by atoms with van der Waals surface area (Å²) in [6.45, 7) is 0.453.